The van der Waals surface area contributed by atoms with E-state index in [0.717, 1.165) is 57.4 Å². The summed E-state index contributed by atoms with van der Waals surface area (Å²) < 4.78 is 12.0. The van der Waals surface area contributed by atoms with E-state index in [-0.39, 0.29) is 5.91 Å². The lowest BCUT2D eigenvalue weighted by atomic mass is 9.96. The second-order valence-electron chi connectivity index (χ2n) is 8.52. The van der Waals surface area contributed by atoms with Crippen molar-refractivity contribution in [1.82, 2.24) is 5.32 Å². The third-order valence-electron chi connectivity index (χ3n) is 6.17. The lowest BCUT2D eigenvalue weighted by Gasteiger charge is -2.15. The van der Waals surface area contributed by atoms with Crippen molar-refractivity contribution in [3.05, 3.63) is 59.4 Å². The van der Waals surface area contributed by atoms with Crippen LogP contribution in [0.1, 0.15) is 56.2 Å². The maximum atomic E-state index is 12.6. The van der Waals surface area contributed by atoms with Crippen LogP contribution in [0.5, 0.6) is 5.75 Å². The van der Waals surface area contributed by atoms with Crippen molar-refractivity contribution >= 4 is 22.4 Å². The van der Waals surface area contributed by atoms with Gasteiger partial charge < -0.3 is 14.5 Å². The number of hydrogen-bond acceptors (Lipinski definition) is 3. The van der Waals surface area contributed by atoms with E-state index in [2.05, 4.69) is 42.6 Å². The van der Waals surface area contributed by atoms with E-state index in [0.29, 0.717) is 12.6 Å². The number of nitrogens with one attached hydrogen (secondary N) is 1. The molecule has 0 spiro atoms. The highest BCUT2D eigenvalue weighted by atomic mass is 16.5. The SMILES string of the molecule is CCOc1c(/C(C)=C/C(=O)NC2CCCC2)cc2c(-c3ccc(C)cc3)coc2c1C. The molecule has 4 rings (SSSR count). The molecule has 4 heteroatoms. The fourth-order valence-electron chi connectivity index (χ4n) is 4.48. The third-order valence-corrected chi connectivity index (χ3v) is 6.17. The van der Waals surface area contributed by atoms with E-state index in [1.54, 1.807) is 6.08 Å². The van der Waals surface area contributed by atoms with E-state index in [4.69, 9.17) is 9.15 Å². The zero-order chi connectivity index (χ0) is 22.0. The zero-order valence-electron chi connectivity index (χ0n) is 18.9. The number of ether oxygens (including phenoxy) is 1. The van der Waals surface area contributed by atoms with Gasteiger partial charge in [-0.3, -0.25) is 4.79 Å². The van der Waals surface area contributed by atoms with Gasteiger partial charge in [0.15, 0.2) is 0 Å². The molecule has 0 aliphatic heterocycles. The predicted molar refractivity (Wildman–Crippen MR) is 126 cm³/mol. The minimum atomic E-state index is -0.0319. The van der Waals surface area contributed by atoms with Crippen LogP contribution >= 0.6 is 0 Å². The fourth-order valence-corrected chi connectivity index (χ4v) is 4.48. The summed E-state index contributed by atoms with van der Waals surface area (Å²) in [5.74, 6) is 0.748. The van der Waals surface area contributed by atoms with Crippen LogP contribution in [0.2, 0.25) is 0 Å². The Kier molecular flexibility index (Phi) is 6.17. The van der Waals surface area contributed by atoms with Gasteiger partial charge in [-0.25, -0.2) is 0 Å². The molecule has 0 saturated heterocycles. The molecular formula is C27H31NO3. The summed E-state index contributed by atoms with van der Waals surface area (Å²) in [5.41, 5.74) is 6.98. The molecule has 3 aromatic rings. The van der Waals surface area contributed by atoms with Crippen molar-refractivity contribution in [3.8, 4) is 16.9 Å². The van der Waals surface area contributed by atoms with E-state index in [9.17, 15) is 4.79 Å². The number of furan rings is 1. The Hall–Kier alpha value is -3.01. The maximum absolute atomic E-state index is 12.6. The van der Waals surface area contributed by atoms with Crippen LogP contribution in [-0.4, -0.2) is 18.6 Å². The summed E-state index contributed by atoms with van der Waals surface area (Å²) in [6.07, 6.45) is 8.05. The number of amides is 1. The van der Waals surface area contributed by atoms with Crippen LogP contribution in [0.15, 0.2) is 47.1 Å². The Morgan fingerprint density at radius 2 is 1.90 bits per heavy atom. The largest absolute Gasteiger partial charge is 0.493 e. The summed E-state index contributed by atoms with van der Waals surface area (Å²) >= 11 is 0. The lowest BCUT2D eigenvalue weighted by molar-refractivity contribution is -0.117. The van der Waals surface area contributed by atoms with Gasteiger partial charge in [0, 0.05) is 34.2 Å². The van der Waals surface area contributed by atoms with Gasteiger partial charge in [0.1, 0.15) is 11.3 Å². The van der Waals surface area contributed by atoms with Crippen LogP contribution in [0.3, 0.4) is 0 Å². The Morgan fingerprint density at radius 3 is 2.58 bits per heavy atom. The normalized spacial score (nSPS) is 14.9. The monoisotopic (exact) mass is 417 g/mol. The molecule has 162 valence electrons. The van der Waals surface area contributed by atoms with Gasteiger partial charge in [0.2, 0.25) is 5.91 Å². The summed E-state index contributed by atoms with van der Waals surface area (Å²) in [7, 11) is 0. The van der Waals surface area contributed by atoms with Crippen LogP contribution in [0.4, 0.5) is 0 Å². The first kappa shape index (κ1) is 21.2. The summed E-state index contributed by atoms with van der Waals surface area (Å²) in [6, 6.07) is 10.8. The van der Waals surface area contributed by atoms with Crippen molar-refractivity contribution in [2.24, 2.45) is 0 Å². The molecule has 4 nitrogen and oxygen atoms in total. The molecule has 1 fully saturated rings. The van der Waals surface area contributed by atoms with Crippen LogP contribution < -0.4 is 10.1 Å². The average molecular weight is 418 g/mol. The first-order chi connectivity index (χ1) is 15.0. The highest BCUT2D eigenvalue weighted by Gasteiger charge is 2.20. The molecule has 1 aliphatic carbocycles. The van der Waals surface area contributed by atoms with Crippen LogP contribution in [0.25, 0.3) is 27.7 Å². The number of benzene rings is 2. The van der Waals surface area contributed by atoms with E-state index in [1.165, 1.54) is 18.4 Å². The Morgan fingerprint density at radius 1 is 1.19 bits per heavy atom. The molecule has 0 radical (unpaired) electrons. The Labute approximate surface area is 184 Å². The van der Waals surface area contributed by atoms with Gasteiger partial charge in [0.25, 0.3) is 0 Å². The first-order valence-electron chi connectivity index (χ1n) is 11.2. The second-order valence-corrected chi connectivity index (χ2v) is 8.52. The number of allylic oxidation sites excluding steroid dienone is 1. The first-order valence-corrected chi connectivity index (χ1v) is 11.2. The summed E-state index contributed by atoms with van der Waals surface area (Å²) in [6.45, 7) is 8.60. The minimum Gasteiger partial charge on any atom is -0.493 e. The molecule has 0 bridgehead atoms. The highest BCUT2D eigenvalue weighted by molar-refractivity contribution is 6.01. The lowest BCUT2D eigenvalue weighted by Crippen LogP contribution is -2.31. The Bertz CT molecular complexity index is 1120. The standard InChI is InChI=1S/C27H31NO3/c1-5-30-26-19(4)27-23(24(16-31-27)20-12-10-17(2)11-13-20)15-22(26)18(3)14-25(29)28-21-8-6-7-9-21/h10-16,21H,5-9H2,1-4H3,(H,28,29)/b18-14+. The Balaban J connectivity index is 1.77. The summed E-state index contributed by atoms with van der Waals surface area (Å²) in [4.78, 5) is 12.6. The van der Waals surface area contributed by atoms with E-state index < -0.39 is 0 Å². The predicted octanol–water partition coefficient (Wildman–Crippen LogP) is 6.58. The van der Waals surface area contributed by atoms with Crippen LogP contribution in [-0.2, 0) is 4.79 Å². The van der Waals surface area contributed by atoms with Gasteiger partial charge in [-0.15, -0.1) is 0 Å². The number of carbonyl (C=O) groups excluding carboxylic acids is 1. The van der Waals surface area contributed by atoms with Gasteiger partial charge >= 0.3 is 0 Å². The number of fused-ring (bicyclic) bond motifs is 1. The van der Waals surface area contributed by atoms with Crippen LogP contribution in [0, 0.1) is 13.8 Å². The van der Waals surface area contributed by atoms with Gasteiger partial charge in [0.05, 0.1) is 12.9 Å². The molecule has 1 aliphatic rings. The molecule has 0 unspecified atom stereocenters. The molecular weight excluding hydrogens is 386 g/mol. The number of hydrogen-bond donors (Lipinski definition) is 1. The minimum absolute atomic E-state index is 0.0319. The van der Waals surface area contributed by atoms with Crippen molar-refractivity contribution in [2.45, 2.75) is 59.4 Å². The molecule has 0 atom stereocenters. The quantitative estimate of drug-likeness (QED) is 0.461. The van der Waals surface area contributed by atoms with Crippen molar-refractivity contribution in [2.75, 3.05) is 6.61 Å². The van der Waals surface area contributed by atoms with Gasteiger partial charge in [-0.1, -0.05) is 42.7 Å². The van der Waals surface area contributed by atoms with Gasteiger partial charge in [-0.05, 0) is 57.7 Å². The maximum Gasteiger partial charge on any atom is 0.244 e. The number of aryl methyl sites for hydroxylation is 2. The average Bonchev–Trinajstić information content (AvgIpc) is 3.40. The van der Waals surface area contributed by atoms with Gasteiger partial charge in [-0.2, -0.15) is 0 Å². The summed E-state index contributed by atoms with van der Waals surface area (Å²) in [5, 5.41) is 4.18. The zero-order valence-corrected chi connectivity index (χ0v) is 18.9. The molecule has 1 amide bonds. The molecule has 1 aromatic heterocycles. The van der Waals surface area contributed by atoms with Crippen molar-refractivity contribution in [1.29, 1.82) is 0 Å². The van der Waals surface area contributed by atoms with E-state index >= 15 is 0 Å². The number of carbonyl (C=O) groups is 1. The molecule has 1 heterocycles. The molecule has 2 aromatic carbocycles. The highest BCUT2D eigenvalue weighted by Crippen LogP contribution is 2.40. The topological polar surface area (TPSA) is 51.5 Å². The fraction of sp³-hybridized carbons (Fsp3) is 0.370. The molecule has 1 saturated carbocycles. The van der Waals surface area contributed by atoms with Crippen molar-refractivity contribution in [3.63, 3.8) is 0 Å². The van der Waals surface area contributed by atoms with Crippen molar-refractivity contribution < 1.29 is 13.9 Å². The third kappa shape index (κ3) is 4.39. The second kappa shape index (κ2) is 9.01. The smallest absolute Gasteiger partial charge is 0.244 e. The van der Waals surface area contributed by atoms with E-state index in [1.807, 2.05) is 27.0 Å². The number of rotatable bonds is 6. The molecule has 31 heavy (non-hydrogen) atoms. The molecule has 1 N–H and O–H groups in total.